The van der Waals surface area contributed by atoms with Gasteiger partial charge in [0.05, 0.1) is 22.6 Å². The maximum Gasteiger partial charge on any atom is 0.0940 e. The molecule has 0 heterocycles. The van der Waals surface area contributed by atoms with E-state index in [2.05, 4.69) is 27.7 Å². The highest BCUT2D eigenvalue weighted by molar-refractivity contribution is 8.57. The molecule has 0 aromatic heterocycles. The molecule has 0 fully saturated rings. The van der Waals surface area contributed by atoms with Crippen molar-refractivity contribution >= 4 is 18.6 Å². The molecule has 0 bridgehead atoms. The minimum absolute atomic E-state index is 0.801. The monoisotopic (exact) mass is 226 g/mol. The third-order valence-corrected chi connectivity index (χ3v) is 12.5. The van der Waals surface area contributed by atoms with Crippen molar-refractivity contribution in [3.63, 3.8) is 0 Å². The predicted molar refractivity (Wildman–Crippen MR) is 67.9 cm³/mol. The smallest absolute Gasteiger partial charge is 0.0940 e. The van der Waals surface area contributed by atoms with Gasteiger partial charge >= 0.3 is 0 Å². The lowest BCUT2D eigenvalue weighted by Crippen LogP contribution is -2.30. The second kappa shape index (κ2) is 5.39. The molecule has 0 atom stereocenters. The van der Waals surface area contributed by atoms with Crippen molar-refractivity contribution in [1.29, 1.82) is 0 Å². The van der Waals surface area contributed by atoms with Crippen LogP contribution in [0.3, 0.4) is 0 Å². The number of hydrogen-bond acceptors (Lipinski definition) is 2. The van der Waals surface area contributed by atoms with Crippen LogP contribution in [0.2, 0.25) is 0 Å². The van der Waals surface area contributed by atoms with E-state index in [1.807, 2.05) is 0 Å². The first-order chi connectivity index (χ1) is 6.04. The summed E-state index contributed by atoms with van der Waals surface area (Å²) in [5, 5.41) is 0. The van der Waals surface area contributed by atoms with Crippen LogP contribution in [0.5, 0.6) is 0 Å². The summed E-state index contributed by atoms with van der Waals surface area (Å²) in [4.78, 5) is 0. The third-order valence-electron chi connectivity index (χ3n) is 2.57. The van der Waals surface area contributed by atoms with Gasteiger partial charge in [0.15, 0.2) is 0 Å². The van der Waals surface area contributed by atoms with Crippen molar-refractivity contribution in [3.05, 3.63) is 0 Å². The molecule has 2 nitrogen and oxygen atoms in total. The van der Waals surface area contributed by atoms with Crippen molar-refractivity contribution in [2.24, 2.45) is 0 Å². The molecule has 0 aliphatic heterocycles. The van der Waals surface area contributed by atoms with E-state index in [1.54, 1.807) is 0 Å². The molecule has 0 aliphatic rings. The summed E-state index contributed by atoms with van der Waals surface area (Å²) in [6, 6.07) is 0. The minimum atomic E-state index is -2.10. The summed E-state index contributed by atoms with van der Waals surface area (Å²) in [5.41, 5.74) is 0. The molecule has 84 valence electrons. The van der Waals surface area contributed by atoms with Crippen molar-refractivity contribution in [2.45, 2.75) is 34.1 Å². The van der Waals surface area contributed by atoms with Crippen LogP contribution in [0.25, 0.3) is 0 Å². The van der Waals surface area contributed by atoms with Gasteiger partial charge in [-0.25, -0.2) is 0 Å². The van der Waals surface area contributed by atoms with Crippen molar-refractivity contribution in [3.8, 4) is 0 Å². The first-order valence-corrected chi connectivity index (χ1v) is 10.9. The van der Waals surface area contributed by atoms with E-state index in [0.717, 1.165) is 34.1 Å². The van der Waals surface area contributed by atoms with Gasteiger partial charge in [-0.15, -0.1) is 0 Å². The van der Waals surface area contributed by atoms with Crippen LogP contribution in [-0.4, -0.2) is 34.1 Å². The fourth-order valence-electron chi connectivity index (χ4n) is 1.80. The molecule has 0 amide bonds. The first kappa shape index (κ1) is 13.5. The van der Waals surface area contributed by atoms with Gasteiger partial charge in [0.1, 0.15) is 0 Å². The second-order valence-corrected chi connectivity index (χ2v) is 14.9. The minimum Gasteiger partial charge on any atom is -0.320 e. The SMILES string of the molecule is CCC[SH]([SiH3])(CC)(OCC)OCC. The standard InChI is InChI=1S/C9H26O2SSi/c1-5-9-12(13,8-4,10-6-2)11-7-3/h12H,5-9H2,1-4,13H3. The Bertz CT molecular complexity index is 133. The molecule has 4 heteroatoms. The van der Waals surface area contributed by atoms with Crippen molar-refractivity contribution < 1.29 is 8.37 Å². The van der Waals surface area contributed by atoms with Crippen LogP contribution in [0.1, 0.15) is 34.1 Å². The molecule has 0 N–H and O–H groups in total. The zero-order chi connectivity index (χ0) is 10.4. The van der Waals surface area contributed by atoms with Gasteiger partial charge in [-0.2, -0.15) is 0 Å². The number of hydrogen-bond donors (Lipinski definition) is 1. The average Bonchev–Trinajstić information content (AvgIpc) is 2.06. The van der Waals surface area contributed by atoms with Crippen LogP contribution in [0.15, 0.2) is 0 Å². The van der Waals surface area contributed by atoms with Crippen molar-refractivity contribution in [1.82, 2.24) is 0 Å². The van der Waals surface area contributed by atoms with Crippen molar-refractivity contribution in [2.75, 3.05) is 24.7 Å². The molecule has 0 radical (unpaired) electrons. The Morgan fingerprint density at radius 1 is 1.00 bits per heavy atom. The quantitative estimate of drug-likeness (QED) is 0.526. The predicted octanol–water partition coefficient (Wildman–Crippen LogP) is 1.67. The Hall–Kier alpha value is 0.487. The largest absolute Gasteiger partial charge is 0.320 e. The molecular formula is C9H26O2SSi. The van der Waals surface area contributed by atoms with E-state index >= 15 is 0 Å². The van der Waals surface area contributed by atoms with Gasteiger partial charge in [-0.05, 0) is 26.0 Å². The summed E-state index contributed by atoms with van der Waals surface area (Å²) in [6.45, 7) is 10.2. The van der Waals surface area contributed by atoms with Gasteiger partial charge < -0.3 is 17.5 Å². The van der Waals surface area contributed by atoms with E-state index < -0.39 is 9.17 Å². The molecule has 0 unspecified atom stereocenters. The van der Waals surface area contributed by atoms with E-state index in [9.17, 15) is 0 Å². The molecule has 0 saturated heterocycles. The Kier molecular flexibility index (Phi) is 5.59. The fourth-order valence-corrected chi connectivity index (χ4v) is 8.29. The van der Waals surface area contributed by atoms with Gasteiger partial charge in [-0.1, -0.05) is 13.8 Å². The Balaban J connectivity index is 4.58. The lowest BCUT2D eigenvalue weighted by Gasteiger charge is -2.64. The fraction of sp³-hybridized carbons (Fsp3) is 1.00. The van der Waals surface area contributed by atoms with E-state index in [-0.39, 0.29) is 0 Å². The van der Waals surface area contributed by atoms with Gasteiger partial charge in [0.2, 0.25) is 0 Å². The van der Waals surface area contributed by atoms with Gasteiger partial charge in [0.25, 0.3) is 0 Å². The van der Waals surface area contributed by atoms with Crippen LogP contribution < -0.4 is 0 Å². The van der Waals surface area contributed by atoms with Crippen LogP contribution >= 0.6 is 9.17 Å². The molecule has 13 heavy (non-hydrogen) atoms. The van der Waals surface area contributed by atoms with Gasteiger partial charge in [0, 0.05) is 5.75 Å². The summed E-state index contributed by atoms with van der Waals surface area (Å²) in [5.74, 6) is 2.24. The molecule has 0 spiro atoms. The number of thiol groups is 1. The highest BCUT2D eigenvalue weighted by atomic mass is 32.5. The molecule has 0 aromatic carbocycles. The third kappa shape index (κ3) is 3.62. The molecule has 0 rings (SSSR count). The summed E-state index contributed by atoms with van der Waals surface area (Å²) < 4.78 is 12.0. The lowest BCUT2D eigenvalue weighted by molar-refractivity contribution is 0.269. The highest BCUT2D eigenvalue weighted by Crippen LogP contribution is 2.67. The van der Waals surface area contributed by atoms with Crippen LogP contribution in [-0.2, 0) is 8.37 Å². The summed E-state index contributed by atoms with van der Waals surface area (Å²) in [6.07, 6.45) is 1.18. The maximum atomic E-state index is 6.02. The lowest BCUT2D eigenvalue weighted by atomic mass is 10.6. The number of rotatable bonds is 7. The van der Waals surface area contributed by atoms with E-state index in [1.165, 1.54) is 6.42 Å². The zero-order valence-electron chi connectivity index (χ0n) is 9.80. The summed E-state index contributed by atoms with van der Waals surface area (Å²) >= 11 is 0. The molecule has 0 saturated carbocycles. The maximum absolute atomic E-state index is 6.02. The average molecular weight is 226 g/mol. The molecule has 0 aromatic rings. The Morgan fingerprint density at radius 3 is 1.69 bits per heavy atom. The van der Waals surface area contributed by atoms with Crippen LogP contribution in [0, 0.1) is 0 Å². The first-order valence-electron chi connectivity index (χ1n) is 5.35. The Labute approximate surface area is 86.1 Å². The normalized spacial score (nSPS) is 15.5. The second-order valence-electron chi connectivity index (χ2n) is 3.69. The van der Waals surface area contributed by atoms with Crippen LogP contribution in [0.4, 0.5) is 0 Å². The van der Waals surface area contributed by atoms with Gasteiger partial charge in [-0.3, -0.25) is 0 Å². The Morgan fingerprint density at radius 2 is 1.46 bits per heavy atom. The zero-order valence-corrected chi connectivity index (χ0v) is 12.7. The molecule has 0 aliphatic carbocycles. The molecular weight excluding hydrogens is 200 g/mol. The van der Waals surface area contributed by atoms with E-state index in [0.29, 0.717) is 0 Å². The highest BCUT2D eigenvalue weighted by Gasteiger charge is 2.27. The summed E-state index contributed by atoms with van der Waals surface area (Å²) in [7, 11) is -1.04. The van der Waals surface area contributed by atoms with E-state index in [4.69, 9.17) is 8.37 Å². The topological polar surface area (TPSA) is 18.5 Å².